The van der Waals surface area contributed by atoms with E-state index in [4.69, 9.17) is 0 Å². The van der Waals surface area contributed by atoms with Crippen molar-refractivity contribution in [2.24, 2.45) is 10.2 Å². The number of allylic oxidation sites excluding steroid dienone is 2. The minimum absolute atomic E-state index is 0.0123. The van der Waals surface area contributed by atoms with Gasteiger partial charge in [0.05, 0.1) is 22.9 Å². The van der Waals surface area contributed by atoms with Crippen molar-refractivity contribution in [3.05, 3.63) is 113 Å². The van der Waals surface area contributed by atoms with Gasteiger partial charge < -0.3 is 5.11 Å². The van der Waals surface area contributed by atoms with Gasteiger partial charge in [0.2, 0.25) is 5.76 Å². The van der Waals surface area contributed by atoms with Crippen molar-refractivity contribution in [1.82, 2.24) is 4.90 Å². The van der Waals surface area contributed by atoms with Gasteiger partial charge in [-0.2, -0.15) is 13.2 Å². The average Bonchev–Trinajstić information content (AvgIpc) is 3.11. The molecule has 0 aliphatic carbocycles. The summed E-state index contributed by atoms with van der Waals surface area (Å²) in [6.07, 6.45) is -5.22. The fraction of sp³-hybridized carbons (Fsp3) is 0.115. The Balaban J connectivity index is 1.81. The first kappa shape index (κ1) is 24.5. The standard InChI is InChI=1S/C26H18F3N3O4/c1-15(33)21(23(34)26(27,28)29)31-30-19-14-8-13-18-20(19)25(36)32(24(18)35)22(16-9-4-2-5-10-16)17-11-6-3-7-12-17/h2-14,22,34H,1H3. The molecule has 0 atom stereocenters. The summed E-state index contributed by atoms with van der Waals surface area (Å²) in [5.74, 6) is -4.73. The average molecular weight is 493 g/mol. The Morgan fingerprint density at radius 2 is 1.42 bits per heavy atom. The van der Waals surface area contributed by atoms with Crippen LogP contribution in [0, 0.1) is 0 Å². The highest BCUT2D eigenvalue weighted by atomic mass is 19.4. The van der Waals surface area contributed by atoms with Crippen LogP contribution in [0.3, 0.4) is 0 Å². The van der Waals surface area contributed by atoms with Crippen LogP contribution >= 0.6 is 0 Å². The van der Waals surface area contributed by atoms with Crippen molar-refractivity contribution in [1.29, 1.82) is 0 Å². The SMILES string of the molecule is CC(=O)C(N=Nc1cccc2c1C(=O)N(C(c1ccccc1)c1ccccc1)C2=O)=C(O)C(F)(F)F. The van der Waals surface area contributed by atoms with Crippen LogP contribution in [0.5, 0.6) is 0 Å². The second-order valence-electron chi connectivity index (χ2n) is 7.86. The summed E-state index contributed by atoms with van der Waals surface area (Å²) in [4.78, 5) is 39.7. The summed E-state index contributed by atoms with van der Waals surface area (Å²) in [5.41, 5.74) is -0.391. The lowest BCUT2D eigenvalue weighted by Crippen LogP contribution is -2.34. The lowest BCUT2D eigenvalue weighted by molar-refractivity contribution is -0.126. The molecule has 182 valence electrons. The maximum Gasteiger partial charge on any atom is 0.451 e. The van der Waals surface area contributed by atoms with E-state index in [0.29, 0.717) is 11.1 Å². The molecule has 0 fully saturated rings. The van der Waals surface area contributed by atoms with Crippen molar-refractivity contribution < 1.29 is 32.7 Å². The number of azo groups is 1. The molecule has 1 aliphatic heterocycles. The quantitative estimate of drug-likeness (QED) is 0.195. The first-order chi connectivity index (χ1) is 17.1. The van der Waals surface area contributed by atoms with Gasteiger partial charge in [-0.15, -0.1) is 10.2 Å². The number of halogens is 3. The summed E-state index contributed by atoms with van der Waals surface area (Å²) < 4.78 is 38.7. The summed E-state index contributed by atoms with van der Waals surface area (Å²) in [6.45, 7) is 0.784. The van der Waals surface area contributed by atoms with E-state index in [1.807, 2.05) is 0 Å². The number of benzene rings is 3. The third-order valence-electron chi connectivity index (χ3n) is 5.50. The number of aliphatic hydroxyl groups excluding tert-OH is 1. The topological polar surface area (TPSA) is 99.4 Å². The van der Waals surface area contributed by atoms with Gasteiger partial charge in [-0.25, -0.2) is 0 Å². The van der Waals surface area contributed by atoms with Crippen LogP contribution in [-0.4, -0.2) is 33.8 Å². The van der Waals surface area contributed by atoms with Crippen molar-refractivity contribution in [3.63, 3.8) is 0 Å². The molecule has 36 heavy (non-hydrogen) atoms. The molecule has 0 radical (unpaired) electrons. The first-order valence-corrected chi connectivity index (χ1v) is 10.6. The lowest BCUT2D eigenvalue weighted by Gasteiger charge is -2.27. The number of carbonyl (C=O) groups excluding carboxylic acids is 3. The van der Waals surface area contributed by atoms with Crippen LogP contribution in [0.2, 0.25) is 0 Å². The Kier molecular flexibility index (Phi) is 6.52. The number of amides is 2. The number of hydrogen-bond donors (Lipinski definition) is 1. The largest absolute Gasteiger partial charge is 0.503 e. The Hall–Kier alpha value is -4.60. The number of carbonyl (C=O) groups is 3. The van der Waals surface area contributed by atoms with E-state index < -0.39 is 41.3 Å². The number of rotatable bonds is 6. The fourth-order valence-electron chi connectivity index (χ4n) is 3.89. The molecule has 0 saturated carbocycles. The zero-order valence-electron chi connectivity index (χ0n) is 18.7. The number of Topliss-reactive ketones (excluding diaryl/α,β-unsaturated/α-hetero) is 1. The molecule has 3 aromatic rings. The number of ketones is 1. The van der Waals surface area contributed by atoms with Crippen LogP contribution in [0.15, 0.2) is 101 Å². The van der Waals surface area contributed by atoms with Crippen LogP contribution < -0.4 is 0 Å². The number of aliphatic hydroxyl groups is 1. The molecule has 0 spiro atoms. The highest BCUT2D eigenvalue weighted by Crippen LogP contribution is 2.39. The zero-order valence-corrected chi connectivity index (χ0v) is 18.7. The second kappa shape index (κ2) is 9.57. The first-order valence-electron chi connectivity index (χ1n) is 10.6. The summed E-state index contributed by atoms with van der Waals surface area (Å²) >= 11 is 0. The molecule has 0 bridgehead atoms. The molecule has 0 unspecified atom stereocenters. The lowest BCUT2D eigenvalue weighted by atomic mass is 9.97. The Morgan fingerprint density at radius 3 is 1.92 bits per heavy atom. The highest BCUT2D eigenvalue weighted by Gasteiger charge is 2.43. The maximum atomic E-state index is 13.6. The van der Waals surface area contributed by atoms with Gasteiger partial charge in [-0.3, -0.25) is 19.3 Å². The molecule has 0 aromatic heterocycles. The van der Waals surface area contributed by atoms with Gasteiger partial charge in [0, 0.05) is 6.92 Å². The van der Waals surface area contributed by atoms with Crippen LogP contribution in [0.1, 0.15) is 44.8 Å². The van der Waals surface area contributed by atoms with Gasteiger partial charge in [-0.1, -0.05) is 66.7 Å². The number of nitrogens with zero attached hydrogens (tertiary/aromatic N) is 3. The molecule has 1 heterocycles. The molecular weight excluding hydrogens is 475 g/mol. The molecule has 7 nitrogen and oxygen atoms in total. The van der Waals surface area contributed by atoms with Crippen molar-refractivity contribution in [2.75, 3.05) is 0 Å². The smallest absolute Gasteiger partial charge is 0.451 e. The highest BCUT2D eigenvalue weighted by molar-refractivity contribution is 6.23. The zero-order chi connectivity index (χ0) is 26.0. The van der Waals surface area contributed by atoms with E-state index in [0.717, 1.165) is 11.8 Å². The van der Waals surface area contributed by atoms with E-state index >= 15 is 0 Å². The summed E-state index contributed by atoms with van der Waals surface area (Å²) in [5, 5.41) is 16.3. The minimum atomic E-state index is -5.22. The van der Waals surface area contributed by atoms with E-state index in [2.05, 4.69) is 10.2 Å². The predicted molar refractivity (Wildman–Crippen MR) is 123 cm³/mol. The van der Waals surface area contributed by atoms with E-state index in [9.17, 15) is 32.7 Å². The number of fused-ring (bicyclic) bond motifs is 1. The van der Waals surface area contributed by atoms with Gasteiger partial charge in [0.25, 0.3) is 11.8 Å². The second-order valence-corrected chi connectivity index (χ2v) is 7.86. The molecule has 4 rings (SSSR count). The predicted octanol–water partition coefficient (Wildman–Crippen LogP) is 6.08. The van der Waals surface area contributed by atoms with E-state index in [1.54, 1.807) is 60.7 Å². The molecule has 1 aliphatic rings. The monoisotopic (exact) mass is 493 g/mol. The maximum absolute atomic E-state index is 13.6. The van der Waals surface area contributed by atoms with Crippen molar-refractivity contribution in [3.8, 4) is 0 Å². The van der Waals surface area contributed by atoms with Crippen molar-refractivity contribution >= 4 is 23.3 Å². The summed E-state index contributed by atoms with van der Waals surface area (Å²) in [6, 6.07) is 21.0. The third-order valence-corrected chi connectivity index (χ3v) is 5.50. The van der Waals surface area contributed by atoms with Crippen molar-refractivity contribution in [2.45, 2.75) is 19.1 Å². The molecule has 1 N–H and O–H groups in total. The number of alkyl halides is 3. The third kappa shape index (κ3) is 4.52. The Labute approximate surface area is 203 Å². The Morgan fingerprint density at radius 1 is 0.861 bits per heavy atom. The van der Waals surface area contributed by atoms with Crippen LogP contribution in [0.25, 0.3) is 0 Å². The number of hydrogen-bond acceptors (Lipinski definition) is 6. The Bertz CT molecular complexity index is 1360. The van der Waals surface area contributed by atoms with Gasteiger partial charge in [0.15, 0.2) is 11.5 Å². The molecular formula is C26H18F3N3O4. The van der Waals surface area contributed by atoms with Crippen LogP contribution in [-0.2, 0) is 4.79 Å². The van der Waals surface area contributed by atoms with E-state index in [1.165, 1.54) is 18.2 Å². The molecule has 3 aromatic carbocycles. The minimum Gasteiger partial charge on any atom is -0.503 e. The molecule has 10 heteroatoms. The molecule has 2 amide bonds. The van der Waals surface area contributed by atoms with Gasteiger partial charge in [0.1, 0.15) is 0 Å². The van der Waals surface area contributed by atoms with Gasteiger partial charge >= 0.3 is 6.18 Å². The molecule has 0 saturated heterocycles. The van der Waals surface area contributed by atoms with Crippen LogP contribution in [0.4, 0.5) is 18.9 Å². The summed E-state index contributed by atoms with van der Waals surface area (Å²) in [7, 11) is 0. The fourth-order valence-corrected chi connectivity index (χ4v) is 3.89. The van der Waals surface area contributed by atoms with Gasteiger partial charge in [-0.05, 0) is 23.3 Å². The number of imide groups is 1. The normalized spacial score (nSPS) is 14.4. The van der Waals surface area contributed by atoms with E-state index in [-0.39, 0.29) is 16.8 Å².